The van der Waals surface area contributed by atoms with Crippen LogP contribution in [-0.4, -0.2) is 100 Å². The van der Waals surface area contributed by atoms with E-state index in [1.165, 1.54) is 89.9 Å². The van der Waals surface area contributed by atoms with E-state index in [0.717, 1.165) is 83.5 Å². The van der Waals surface area contributed by atoms with Crippen molar-refractivity contribution in [1.29, 1.82) is 0 Å². The van der Waals surface area contributed by atoms with E-state index in [9.17, 15) is 35.1 Å². The maximum absolute atomic E-state index is 12.9. The highest BCUT2D eigenvalue weighted by molar-refractivity contribution is 5.76. The number of aliphatic hydroxyl groups is 5. The van der Waals surface area contributed by atoms with Crippen LogP contribution in [0.4, 0.5) is 0 Å². The molecule has 1 rings (SSSR count). The van der Waals surface area contributed by atoms with E-state index < -0.39 is 49.5 Å². The van der Waals surface area contributed by atoms with Gasteiger partial charge in [-0.05, 0) is 83.5 Å². The zero-order chi connectivity index (χ0) is 44.6. The third kappa shape index (κ3) is 31.4. The van der Waals surface area contributed by atoms with E-state index in [2.05, 4.69) is 43.5 Å². The van der Waals surface area contributed by atoms with Crippen LogP contribution >= 0.6 is 0 Å². The molecule has 11 heteroatoms. The lowest BCUT2D eigenvalue weighted by Crippen LogP contribution is -2.60. The summed E-state index contributed by atoms with van der Waals surface area (Å²) in [6.45, 7) is 4.16. The van der Waals surface area contributed by atoms with Crippen molar-refractivity contribution < 1.29 is 49.3 Å². The van der Waals surface area contributed by atoms with Crippen molar-refractivity contribution in [3.63, 3.8) is 0 Å². The number of hydrogen-bond donors (Lipinski definition) is 6. The van der Waals surface area contributed by atoms with Crippen molar-refractivity contribution >= 4 is 11.9 Å². The van der Waals surface area contributed by atoms with Gasteiger partial charge in [0.2, 0.25) is 5.91 Å². The predicted molar refractivity (Wildman–Crippen MR) is 246 cm³/mol. The molecule has 0 aromatic carbocycles. The largest absolute Gasteiger partial charge is 0.466 e. The topological polar surface area (TPSA) is 175 Å². The van der Waals surface area contributed by atoms with Crippen molar-refractivity contribution in [1.82, 2.24) is 5.32 Å². The van der Waals surface area contributed by atoms with Crippen LogP contribution in [0.5, 0.6) is 0 Å². The van der Waals surface area contributed by atoms with E-state index in [0.29, 0.717) is 25.9 Å². The second-order valence-electron chi connectivity index (χ2n) is 17.2. The Balaban J connectivity index is 2.19. The van der Waals surface area contributed by atoms with E-state index in [1.807, 2.05) is 6.08 Å². The zero-order valence-electron chi connectivity index (χ0n) is 38.6. The summed E-state index contributed by atoms with van der Waals surface area (Å²) in [6.07, 6.45) is 36.6. The first kappa shape index (κ1) is 56.9. The first-order valence-electron chi connectivity index (χ1n) is 24.8. The van der Waals surface area contributed by atoms with Crippen molar-refractivity contribution in [2.24, 2.45) is 0 Å². The Bertz CT molecular complexity index is 1110. The Labute approximate surface area is 371 Å². The Morgan fingerprint density at radius 3 is 1.59 bits per heavy atom. The summed E-state index contributed by atoms with van der Waals surface area (Å²) < 4.78 is 16.6. The van der Waals surface area contributed by atoms with Crippen LogP contribution in [0.25, 0.3) is 0 Å². The number of allylic oxidation sites excluding steroid dienone is 5. The molecule has 11 nitrogen and oxygen atoms in total. The van der Waals surface area contributed by atoms with Gasteiger partial charge in [0.15, 0.2) is 6.29 Å². The maximum Gasteiger partial charge on any atom is 0.305 e. The van der Waals surface area contributed by atoms with Crippen LogP contribution in [0.3, 0.4) is 0 Å². The van der Waals surface area contributed by atoms with Crippen LogP contribution in [0.1, 0.15) is 206 Å². The van der Waals surface area contributed by atoms with Gasteiger partial charge in [0.05, 0.1) is 32.0 Å². The normalized spacial score (nSPS) is 20.5. The molecule has 1 saturated heterocycles. The average Bonchev–Trinajstić information content (AvgIpc) is 3.25. The maximum atomic E-state index is 12.9. The Hall–Kier alpha value is -2.12. The molecule has 0 bridgehead atoms. The van der Waals surface area contributed by atoms with Gasteiger partial charge in [0.25, 0.3) is 0 Å². The van der Waals surface area contributed by atoms with E-state index in [-0.39, 0.29) is 18.5 Å². The Morgan fingerprint density at radius 1 is 0.590 bits per heavy atom. The lowest BCUT2D eigenvalue weighted by Gasteiger charge is -2.40. The molecular weight excluding hydrogens is 775 g/mol. The van der Waals surface area contributed by atoms with Crippen LogP contribution in [-0.2, 0) is 23.8 Å². The summed E-state index contributed by atoms with van der Waals surface area (Å²) in [7, 11) is 0. The second-order valence-corrected chi connectivity index (χ2v) is 17.2. The number of carbonyl (C=O) groups excluding carboxylic acids is 2. The molecule has 1 aliphatic rings. The van der Waals surface area contributed by atoms with Crippen molar-refractivity contribution in [2.75, 3.05) is 19.8 Å². The molecule has 1 fully saturated rings. The van der Waals surface area contributed by atoms with Crippen LogP contribution in [0, 0.1) is 0 Å². The number of rotatable bonds is 41. The number of nitrogens with one attached hydrogen (secondary N) is 1. The fourth-order valence-electron chi connectivity index (χ4n) is 7.42. The quantitative estimate of drug-likeness (QED) is 0.0197. The van der Waals surface area contributed by atoms with E-state index >= 15 is 0 Å². The lowest BCUT2D eigenvalue weighted by molar-refractivity contribution is -0.302. The van der Waals surface area contributed by atoms with Gasteiger partial charge in [-0.25, -0.2) is 0 Å². The molecule has 0 spiro atoms. The minimum absolute atomic E-state index is 0.0677. The third-order valence-electron chi connectivity index (χ3n) is 11.5. The van der Waals surface area contributed by atoms with Crippen molar-refractivity contribution in [3.8, 4) is 0 Å². The van der Waals surface area contributed by atoms with Crippen molar-refractivity contribution in [2.45, 2.75) is 249 Å². The molecular formula is C50H91NO10. The number of unbranched alkanes of at least 4 members (excludes halogenated alkanes) is 23. The van der Waals surface area contributed by atoms with Gasteiger partial charge in [0.1, 0.15) is 24.4 Å². The van der Waals surface area contributed by atoms with Gasteiger partial charge in [0, 0.05) is 12.8 Å². The minimum atomic E-state index is -1.58. The standard InChI is InChI=1S/C50H91NO10/c1-3-5-7-9-11-13-14-15-18-22-26-30-34-38-46(55)59-39-35-31-27-23-19-16-17-21-25-29-33-37-45(54)51-42(43(53)36-32-28-24-20-12-10-8-6-4-2)41-60-50-49(58)48(57)47(56)44(40-52)61-50/h13-14,19,23,32,36,42-44,47-50,52-53,56-58H,3-12,15-18,20-22,24-31,33-35,37-41H2,1-2H3,(H,51,54)/b14-13-,23-19-,36-32+. The van der Waals surface area contributed by atoms with Crippen molar-refractivity contribution in [3.05, 3.63) is 36.5 Å². The van der Waals surface area contributed by atoms with Gasteiger partial charge >= 0.3 is 5.97 Å². The molecule has 6 N–H and O–H groups in total. The number of carbonyl (C=O) groups is 2. The molecule has 1 amide bonds. The smallest absolute Gasteiger partial charge is 0.305 e. The highest BCUT2D eigenvalue weighted by Gasteiger charge is 2.44. The summed E-state index contributed by atoms with van der Waals surface area (Å²) in [5.74, 6) is -0.283. The molecule has 356 valence electrons. The molecule has 7 unspecified atom stereocenters. The first-order chi connectivity index (χ1) is 29.7. The van der Waals surface area contributed by atoms with Gasteiger partial charge in [-0.1, -0.05) is 147 Å². The monoisotopic (exact) mass is 866 g/mol. The lowest BCUT2D eigenvalue weighted by atomic mass is 9.99. The number of aliphatic hydroxyl groups excluding tert-OH is 5. The van der Waals surface area contributed by atoms with Gasteiger partial charge in [-0.2, -0.15) is 0 Å². The second kappa shape index (κ2) is 40.6. The number of amides is 1. The summed E-state index contributed by atoms with van der Waals surface area (Å²) in [5.41, 5.74) is 0. The van der Waals surface area contributed by atoms with Crippen LogP contribution < -0.4 is 5.32 Å². The summed E-state index contributed by atoms with van der Waals surface area (Å²) in [6, 6.07) is -0.829. The molecule has 0 aliphatic carbocycles. The molecule has 61 heavy (non-hydrogen) atoms. The third-order valence-corrected chi connectivity index (χ3v) is 11.5. The molecule has 1 aliphatic heterocycles. The fourth-order valence-corrected chi connectivity index (χ4v) is 7.42. The number of hydrogen-bond acceptors (Lipinski definition) is 10. The van der Waals surface area contributed by atoms with E-state index in [1.54, 1.807) is 6.08 Å². The Kier molecular flexibility index (Phi) is 37.9. The van der Waals surface area contributed by atoms with Gasteiger partial charge in [-0.15, -0.1) is 0 Å². The highest BCUT2D eigenvalue weighted by atomic mass is 16.7. The van der Waals surface area contributed by atoms with Crippen LogP contribution in [0.15, 0.2) is 36.5 Å². The zero-order valence-corrected chi connectivity index (χ0v) is 38.6. The molecule has 7 atom stereocenters. The number of esters is 1. The Morgan fingerprint density at radius 2 is 1.05 bits per heavy atom. The van der Waals surface area contributed by atoms with Gasteiger partial charge in [-0.3, -0.25) is 9.59 Å². The molecule has 1 heterocycles. The van der Waals surface area contributed by atoms with E-state index in [4.69, 9.17) is 14.2 Å². The predicted octanol–water partition coefficient (Wildman–Crippen LogP) is 9.60. The fraction of sp³-hybridized carbons (Fsp3) is 0.840. The molecule has 0 saturated carbocycles. The molecule has 0 radical (unpaired) electrons. The number of ether oxygens (including phenoxy) is 3. The summed E-state index contributed by atoms with van der Waals surface area (Å²) in [4.78, 5) is 25.0. The highest BCUT2D eigenvalue weighted by Crippen LogP contribution is 2.22. The van der Waals surface area contributed by atoms with Crippen LogP contribution in [0.2, 0.25) is 0 Å². The van der Waals surface area contributed by atoms with Gasteiger partial charge < -0.3 is 45.1 Å². The first-order valence-corrected chi connectivity index (χ1v) is 24.8. The summed E-state index contributed by atoms with van der Waals surface area (Å²) >= 11 is 0. The minimum Gasteiger partial charge on any atom is -0.466 e. The molecule has 0 aromatic heterocycles. The SMILES string of the molecule is CCCCCC/C=C\CCCCCCCC(=O)OCCCC/C=C\CCCCCCCC(=O)NC(COC1OC(CO)C(O)C(O)C1O)C(O)/C=C/CCCCCCCCC. The average molecular weight is 866 g/mol. The summed E-state index contributed by atoms with van der Waals surface area (Å²) in [5, 5.41) is 54.0. The molecule has 0 aromatic rings.